The average Bonchev–Trinajstić information content (AvgIpc) is 3.05. The summed E-state index contributed by atoms with van der Waals surface area (Å²) in [5, 5.41) is 0. The first kappa shape index (κ1) is 45.8. The van der Waals surface area contributed by atoms with Gasteiger partial charge in [-0.15, -0.1) is 0 Å². The van der Waals surface area contributed by atoms with Crippen LogP contribution in [-0.4, -0.2) is 81.0 Å². The molecule has 292 valence electrons. The Balaban J connectivity index is 2.18. The number of rotatable bonds is 31. The normalized spacial score (nSPS) is 20.3. The minimum atomic E-state index is -1.24. The lowest BCUT2D eigenvalue weighted by Crippen LogP contribution is -2.63. The molecule has 11 heteroatoms. The second-order valence-corrected chi connectivity index (χ2v) is 13.6. The van der Waals surface area contributed by atoms with Crippen molar-refractivity contribution >= 4 is 23.9 Å². The molecule has 1 rings (SSSR count). The first-order chi connectivity index (χ1) is 24.1. The van der Waals surface area contributed by atoms with E-state index in [1.165, 1.54) is 143 Å². The fraction of sp³-hybridized carbons (Fsp3) is 0.897. The van der Waals surface area contributed by atoms with Crippen LogP contribution in [0.3, 0.4) is 0 Å². The van der Waals surface area contributed by atoms with E-state index in [0.29, 0.717) is 19.6 Å². The molecule has 0 unspecified atom stereocenters. The van der Waals surface area contributed by atoms with Crippen molar-refractivity contribution in [3.8, 4) is 0 Å². The zero-order chi connectivity index (χ0) is 36.8. The summed E-state index contributed by atoms with van der Waals surface area (Å²) in [5.74, 6) is -2.60. The maximum Gasteiger partial charge on any atom is 0.303 e. The van der Waals surface area contributed by atoms with Crippen LogP contribution < -0.4 is 0 Å². The van der Waals surface area contributed by atoms with E-state index in [0.717, 1.165) is 12.8 Å². The predicted molar refractivity (Wildman–Crippen MR) is 191 cm³/mol. The molecular weight excluding hydrogens is 644 g/mol. The molecule has 0 N–H and O–H groups in total. The van der Waals surface area contributed by atoms with Crippen LogP contribution in [0.2, 0.25) is 0 Å². The number of carbonyl (C=O) groups excluding carboxylic acids is 4. The Kier molecular flexibility index (Phi) is 27.8. The van der Waals surface area contributed by atoms with Gasteiger partial charge in [0.2, 0.25) is 0 Å². The molecule has 1 aliphatic rings. The Morgan fingerprint density at radius 2 is 0.860 bits per heavy atom. The Hall–Kier alpha value is -2.24. The maximum atomic E-state index is 11.9. The fourth-order valence-corrected chi connectivity index (χ4v) is 6.24. The van der Waals surface area contributed by atoms with Crippen LogP contribution in [0.25, 0.3) is 0 Å². The van der Waals surface area contributed by atoms with Gasteiger partial charge in [-0.25, -0.2) is 0 Å². The molecule has 1 aliphatic heterocycles. The molecule has 1 heterocycles. The van der Waals surface area contributed by atoms with Crippen molar-refractivity contribution in [1.82, 2.24) is 0 Å². The lowest BCUT2D eigenvalue weighted by Gasteiger charge is -2.44. The van der Waals surface area contributed by atoms with Gasteiger partial charge in [-0.1, -0.05) is 129 Å². The third-order valence-corrected chi connectivity index (χ3v) is 8.81. The summed E-state index contributed by atoms with van der Waals surface area (Å²) in [6, 6.07) is 0. The van der Waals surface area contributed by atoms with E-state index in [9.17, 15) is 19.2 Å². The van der Waals surface area contributed by atoms with Gasteiger partial charge in [-0.05, 0) is 12.8 Å². The van der Waals surface area contributed by atoms with Gasteiger partial charge in [0.05, 0.1) is 6.61 Å². The van der Waals surface area contributed by atoms with Crippen molar-refractivity contribution in [2.75, 3.05) is 26.4 Å². The number of carbonyl (C=O) groups is 4. The van der Waals surface area contributed by atoms with Gasteiger partial charge in [0.25, 0.3) is 0 Å². The summed E-state index contributed by atoms with van der Waals surface area (Å²) in [4.78, 5) is 47.2. The van der Waals surface area contributed by atoms with Crippen molar-refractivity contribution in [2.45, 2.75) is 200 Å². The molecule has 0 aromatic carbocycles. The molecule has 1 saturated heterocycles. The molecule has 0 aromatic rings. The highest BCUT2D eigenvalue weighted by atomic mass is 16.7. The molecule has 0 bridgehead atoms. The van der Waals surface area contributed by atoms with Crippen molar-refractivity contribution in [3.63, 3.8) is 0 Å². The fourth-order valence-electron chi connectivity index (χ4n) is 6.24. The van der Waals surface area contributed by atoms with Gasteiger partial charge < -0.3 is 33.2 Å². The Labute approximate surface area is 302 Å². The minimum Gasteiger partial charge on any atom is -0.463 e. The van der Waals surface area contributed by atoms with Crippen molar-refractivity contribution in [3.05, 3.63) is 0 Å². The van der Waals surface area contributed by atoms with Gasteiger partial charge in [0.1, 0.15) is 12.7 Å². The topological polar surface area (TPSA) is 133 Å². The zero-order valence-corrected chi connectivity index (χ0v) is 32.1. The number of hydrogen-bond acceptors (Lipinski definition) is 11. The van der Waals surface area contributed by atoms with Gasteiger partial charge in [-0.3, -0.25) is 19.2 Å². The van der Waals surface area contributed by atoms with Gasteiger partial charge in [0, 0.05) is 40.9 Å². The molecule has 0 radical (unpaired) electrons. The third-order valence-electron chi connectivity index (χ3n) is 8.81. The lowest BCUT2D eigenvalue weighted by atomic mass is 9.98. The second kappa shape index (κ2) is 30.4. The lowest BCUT2D eigenvalue weighted by molar-refractivity contribution is -0.308. The standard InChI is InChI=1S/C39H70O11/c1-6-7-8-9-10-11-12-13-14-15-16-17-18-19-20-21-22-23-24-25-27-44-28-26-29-45-39-38(49-34(5)43)37(48-33(4)42)36(47-32(3)41)35(50-39)30-46-31(2)40/h35-39H,6-30H2,1-5H3/t35-,36-,37+,38-,39-/m1/s1. The molecule has 0 aromatic heterocycles. The van der Waals surface area contributed by atoms with Crippen molar-refractivity contribution in [1.29, 1.82) is 0 Å². The van der Waals surface area contributed by atoms with E-state index in [4.69, 9.17) is 33.2 Å². The smallest absolute Gasteiger partial charge is 0.303 e. The number of hydrogen-bond donors (Lipinski definition) is 0. The number of unbranched alkanes of at least 4 members (excludes halogenated alkanes) is 19. The largest absolute Gasteiger partial charge is 0.463 e. The van der Waals surface area contributed by atoms with Crippen molar-refractivity contribution in [2.24, 2.45) is 0 Å². The van der Waals surface area contributed by atoms with Crippen LogP contribution in [0.4, 0.5) is 0 Å². The van der Waals surface area contributed by atoms with Gasteiger partial charge in [-0.2, -0.15) is 0 Å². The van der Waals surface area contributed by atoms with E-state index < -0.39 is 54.6 Å². The molecule has 5 atom stereocenters. The molecule has 0 aliphatic carbocycles. The highest BCUT2D eigenvalue weighted by Gasteiger charge is 2.52. The Morgan fingerprint density at radius 3 is 1.30 bits per heavy atom. The van der Waals surface area contributed by atoms with Crippen LogP contribution in [0.1, 0.15) is 169 Å². The van der Waals surface area contributed by atoms with E-state index in [2.05, 4.69) is 6.92 Å². The van der Waals surface area contributed by atoms with E-state index in [1.54, 1.807) is 0 Å². The Morgan fingerprint density at radius 1 is 0.460 bits per heavy atom. The van der Waals surface area contributed by atoms with E-state index >= 15 is 0 Å². The summed E-state index contributed by atoms with van der Waals surface area (Å²) >= 11 is 0. The van der Waals surface area contributed by atoms with Crippen LogP contribution in [-0.2, 0) is 52.3 Å². The van der Waals surface area contributed by atoms with Crippen LogP contribution in [0.15, 0.2) is 0 Å². The van der Waals surface area contributed by atoms with Gasteiger partial charge >= 0.3 is 23.9 Å². The van der Waals surface area contributed by atoms with E-state index in [1.807, 2.05) is 0 Å². The zero-order valence-electron chi connectivity index (χ0n) is 32.1. The maximum absolute atomic E-state index is 11.9. The highest BCUT2D eigenvalue weighted by Crippen LogP contribution is 2.30. The van der Waals surface area contributed by atoms with Crippen LogP contribution >= 0.6 is 0 Å². The van der Waals surface area contributed by atoms with Crippen LogP contribution in [0, 0.1) is 0 Å². The molecular formula is C39H70O11. The first-order valence-corrected chi connectivity index (χ1v) is 19.7. The number of ether oxygens (including phenoxy) is 7. The second-order valence-electron chi connectivity index (χ2n) is 13.6. The predicted octanol–water partition coefficient (Wildman–Crippen LogP) is 8.31. The molecule has 1 fully saturated rings. The summed E-state index contributed by atoms with van der Waals surface area (Å²) < 4.78 is 38.9. The summed E-state index contributed by atoms with van der Waals surface area (Å²) in [7, 11) is 0. The summed E-state index contributed by atoms with van der Waals surface area (Å²) in [5.41, 5.74) is 0. The van der Waals surface area contributed by atoms with E-state index in [-0.39, 0.29) is 13.2 Å². The molecule has 0 saturated carbocycles. The molecule has 50 heavy (non-hydrogen) atoms. The average molecular weight is 715 g/mol. The van der Waals surface area contributed by atoms with Gasteiger partial charge in [0.15, 0.2) is 24.6 Å². The molecule has 11 nitrogen and oxygen atoms in total. The number of esters is 4. The highest BCUT2D eigenvalue weighted by molar-refractivity contribution is 5.68. The first-order valence-electron chi connectivity index (χ1n) is 19.7. The monoisotopic (exact) mass is 714 g/mol. The SMILES string of the molecule is CCCCCCCCCCCCCCCCCCCCCCOCCCO[C@@H]1O[C@H](COC(C)=O)[C@@H](OC(C)=O)[C@H](OC(C)=O)[C@H]1OC(C)=O. The minimum absolute atomic E-state index is 0.201. The van der Waals surface area contributed by atoms with Crippen LogP contribution in [0.5, 0.6) is 0 Å². The van der Waals surface area contributed by atoms with Crippen molar-refractivity contribution < 1.29 is 52.3 Å². The third kappa shape index (κ3) is 24.0. The molecule has 0 amide bonds. The quantitative estimate of drug-likeness (QED) is 0.0390. The summed E-state index contributed by atoms with van der Waals surface area (Å²) in [6.07, 6.45) is 21.7. The summed E-state index contributed by atoms with van der Waals surface area (Å²) in [6.45, 7) is 8.13. The Bertz CT molecular complexity index is 895. The molecule has 0 spiro atoms.